The monoisotopic (exact) mass is 443 g/mol. The van der Waals surface area contributed by atoms with E-state index in [4.69, 9.17) is 9.73 Å². The Morgan fingerprint density at radius 2 is 1.76 bits per heavy atom. The third-order valence-electron chi connectivity index (χ3n) is 6.23. The zero-order valence-corrected chi connectivity index (χ0v) is 19.0. The van der Waals surface area contributed by atoms with Crippen molar-refractivity contribution in [1.82, 2.24) is 9.80 Å². The molecule has 33 heavy (non-hydrogen) atoms. The first-order chi connectivity index (χ1) is 15.9. The third kappa shape index (κ3) is 3.97. The molecule has 0 spiro atoms. The van der Waals surface area contributed by atoms with Crippen molar-refractivity contribution in [2.45, 2.75) is 26.8 Å². The summed E-state index contributed by atoms with van der Waals surface area (Å²) in [5.74, 6) is 1.57. The van der Waals surface area contributed by atoms with Crippen molar-refractivity contribution >= 4 is 17.4 Å². The van der Waals surface area contributed by atoms with Gasteiger partial charge in [-0.2, -0.15) is 0 Å². The zero-order valence-electron chi connectivity index (χ0n) is 19.0. The first-order valence-corrected chi connectivity index (χ1v) is 11.2. The van der Waals surface area contributed by atoms with Crippen LogP contribution < -0.4 is 4.74 Å². The lowest BCUT2D eigenvalue weighted by Gasteiger charge is -2.41. The Bertz CT molecular complexity index is 1270. The number of piperazine rings is 1. The lowest BCUT2D eigenvalue weighted by molar-refractivity contribution is 0.0576. The molecule has 0 aliphatic carbocycles. The number of halogens is 1. The van der Waals surface area contributed by atoms with Gasteiger partial charge in [0.05, 0.1) is 11.1 Å². The van der Waals surface area contributed by atoms with Gasteiger partial charge in [-0.15, -0.1) is 0 Å². The molecule has 1 saturated heterocycles. The molecule has 1 atom stereocenters. The van der Waals surface area contributed by atoms with Crippen molar-refractivity contribution in [1.29, 1.82) is 0 Å². The van der Waals surface area contributed by atoms with E-state index in [0.717, 1.165) is 39.7 Å². The van der Waals surface area contributed by atoms with Crippen LogP contribution in [0, 0.1) is 19.7 Å². The van der Waals surface area contributed by atoms with Crippen LogP contribution in [0.3, 0.4) is 0 Å². The van der Waals surface area contributed by atoms with Crippen LogP contribution in [0.15, 0.2) is 65.7 Å². The van der Waals surface area contributed by atoms with Crippen LogP contribution in [0.1, 0.15) is 34.0 Å². The van der Waals surface area contributed by atoms with E-state index in [9.17, 15) is 9.18 Å². The number of hydrogen-bond donors (Lipinski definition) is 0. The SMILES string of the molecule is Cc1ccc2c(c1)Oc1ccc(C)cc1C(N1CCN(C(=O)c3ccccc3F)[C@H](C)C1)=N2. The molecule has 5 rings (SSSR count). The van der Waals surface area contributed by atoms with Gasteiger partial charge in [0.2, 0.25) is 0 Å². The summed E-state index contributed by atoms with van der Waals surface area (Å²) in [5, 5.41) is 0. The van der Waals surface area contributed by atoms with E-state index in [1.54, 1.807) is 23.1 Å². The van der Waals surface area contributed by atoms with Gasteiger partial charge in [0, 0.05) is 25.7 Å². The maximum atomic E-state index is 14.2. The number of hydrogen-bond acceptors (Lipinski definition) is 4. The molecule has 1 amide bonds. The summed E-state index contributed by atoms with van der Waals surface area (Å²) in [6, 6.07) is 18.2. The number of fused-ring (bicyclic) bond motifs is 2. The Labute approximate surface area is 193 Å². The summed E-state index contributed by atoms with van der Waals surface area (Å²) in [6.45, 7) is 7.74. The maximum absolute atomic E-state index is 14.2. The minimum atomic E-state index is -0.487. The molecule has 0 aromatic heterocycles. The summed E-state index contributed by atoms with van der Waals surface area (Å²) in [7, 11) is 0. The van der Waals surface area contributed by atoms with Crippen molar-refractivity contribution in [3.8, 4) is 11.5 Å². The van der Waals surface area contributed by atoms with Crippen molar-refractivity contribution in [2.24, 2.45) is 4.99 Å². The van der Waals surface area contributed by atoms with E-state index >= 15 is 0 Å². The fraction of sp³-hybridized carbons (Fsp3) is 0.259. The van der Waals surface area contributed by atoms with Crippen LogP contribution in [0.2, 0.25) is 0 Å². The molecule has 5 nitrogen and oxygen atoms in total. The molecule has 0 N–H and O–H groups in total. The van der Waals surface area contributed by atoms with Crippen LogP contribution >= 0.6 is 0 Å². The molecule has 2 aliphatic heterocycles. The number of amidine groups is 1. The molecule has 6 heteroatoms. The number of nitrogens with zero attached hydrogens (tertiary/aromatic N) is 3. The fourth-order valence-corrected chi connectivity index (χ4v) is 4.48. The van der Waals surface area contributed by atoms with Crippen molar-refractivity contribution in [2.75, 3.05) is 19.6 Å². The number of carbonyl (C=O) groups excluding carboxylic acids is 1. The molecule has 2 heterocycles. The number of benzene rings is 3. The van der Waals surface area contributed by atoms with Gasteiger partial charge in [0.15, 0.2) is 5.75 Å². The smallest absolute Gasteiger partial charge is 0.257 e. The Morgan fingerprint density at radius 1 is 1.00 bits per heavy atom. The van der Waals surface area contributed by atoms with Gasteiger partial charge in [-0.1, -0.05) is 29.8 Å². The molecule has 3 aromatic rings. The maximum Gasteiger partial charge on any atom is 0.257 e. The first kappa shape index (κ1) is 21.2. The topological polar surface area (TPSA) is 45.1 Å². The second-order valence-corrected chi connectivity index (χ2v) is 8.78. The number of aliphatic imine (C=N–C) groups is 1. The van der Waals surface area contributed by atoms with Gasteiger partial charge in [-0.3, -0.25) is 4.79 Å². The van der Waals surface area contributed by atoms with Gasteiger partial charge in [-0.25, -0.2) is 9.38 Å². The van der Waals surface area contributed by atoms with E-state index in [1.165, 1.54) is 6.07 Å². The molecule has 168 valence electrons. The van der Waals surface area contributed by atoms with Crippen LogP contribution in [-0.2, 0) is 0 Å². The summed E-state index contributed by atoms with van der Waals surface area (Å²) in [6.07, 6.45) is 0. The molecule has 1 fully saturated rings. The average molecular weight is 444 g/mol. The number of ether oxygens (including phenoxy) is 1. The molecule has 0 unspecified atom stereocenters. The minimum Gasteiger partial charge on any atom is -0.454 e. The summed E-state index contributed by atoms with van der Waals surface area (Å²) < 4.78 is 20.5. The molecule has 0 saturated carbocycles. The largest absolute Gasteiger partial charge is 0.454 e. The highest BCUT2D eigenvalue weighted by Gasteiger charge is 2.32. The second kappa shape index (κ2) is 8.35. The van der Waals surface area contributed by atoms with Crippen LogP contribution in [0.5, 0.6) is 11.5 Å². The van der Waals surface area contributed by atoms with Crippen LogP contribution in [-0.4, -0.2) is 47.2 Å². The zero-order chi connectivity index (χ0) is 23.1. The van der Waals surface area contributed by atoms with Gasteiger partial charge >= 0.3 is 0 Å². The second-order valence-electron chi connectivity index (χ2n) is 8.78. The molecule has 0 radical (unpaired) electrons. The molecule has 3 aromatic carbocycles. The summed E-state index contributed by atoms with van der Waals surface area (Å²) in [5.41, 5.74) is 4.05. The average Bonchev–Trinajstić information content (AvgIpc) is 2.95. The molecular formula is C27H26FN3O2. The predicted octanol–water partition coefficient (Wildman–Crippen LogP) is 5.47. The van der Waals surface area contributed by atoms with Gasteiger partial charge in [-0.05, 0) is 62.7 Å². The fourth-order valence-electron chi connectivity index (χ4n) is 4.48. The van der Waals surface area contributed by atoms with E-state index < -0.39 is 5.82 Å². The standard InChI is InChI=1S/C27H26FN3O2/c1-17-9-11-24-21(14-17)26(29-23-10-8-18(2)15-25(23)33-24)30-12-13-31(19(3)16-30)27(32)20-6-4-5-7-22(20)28/h4-11,14-15,19H,12-13,16H2,1-3H3/t19-/m1/s1. The molecule has 2 aliphatic rings. The van der Waals surface area contributed by atoms with E-state index in [2.05, 4.69) is 11.0 Å². The molecule has 0 bridgehead atoms. The number of carbonyl (C=O) groups is 1. The predicted molar refractivity (Wildman–Crippen MR) is 127 cm³/mol. The van der Waals surface area contributed by atoms with Gasteiger partial charge < -0.3 is 14.5 Å². The number of rotatable bonds is 1. The highest BCUT2D eigenvalue weighted by molar-refractivity contribution is 6.04. The molecular weight excluding hydrogens is 417 g/mol. The summed E-state index contributed by atoms with van der Waals surface area (Å²) >= 11 is 0. The minimum absolute atomic E-state index is 0.108. The Balaban J connectivity index is 1.48. The Kier molecular flexibility index (Phi) is 5.36. The lowest BCUT2D eigenvalue weighted by atomic mass is 10.1. The summed E-state index contributed by atoms with van der Waals surface area (Å²) in [4.78, 5) is 22.0. The van der Waals surface area contributed by atoms with Crippen molar-refractivity contribution < 1.29 is 13.9 Å². The third-order valence-corrected chi connectivity index (χ3v) is 6.23. The van der Waals surface area contributed by atoms with Gasteiger partial charge in [0.1, 0.15) is 23.1 Å². The quantitative estimate of drug-likeness (QED) is 0.501. The highest BCUT2D eigenvalue weighted by atomic mass is 19.1. The van der Waals surface area contributed by atoms with E-state index in [0.29, 0.717) is 19.6 Å². The van der Waals surface area contributed by atoms with Gasteiger partial charge in [0.25, 0.3) is 5.91 Å². The van der Waals surface area contributed by atoms with E-state index in [1.807, 2.05) is 51.1 Å². The first-order valence-electron chi connectivity index (χ1n) is 11.2. The normalized spacial score (nSPS) is 17.5. The van der Waals surface area contributed by atoms with Crippen molar-refractivity contribution in [3.05, 3.63) is 88.7 Å². The van der Waals surface area contributed by atoms with Crippen LogP contribution in [0.25, 0.3) is 0 Å². The number of aryl methyl sites for hydroxylation is 2. The van der Waals surface area contributed by atoms with E-state index in [-0.39, 0.29) is 17.5 Å². The Hall–Kier alpha value is -3.67. The van der Waals surface area contributed by atoms with Crippen molar-refractivity contribution in [3.63, 3.8) is 0 Å². The lowest BCUT2D eigenvalue weighted by Crippen LogP contribution is -2.55. The highest BCUT2D eigenvalue weighted by Crippen LogP contribution is 2.39. The Morgan fingerprint density at radius 3 is 2.55 bits per heavy atom. The number of amides is 1. The van der Waals surface area contributed by atoms with Crippen LogP contribution in [0.4, 0.5) is 10.1 Å².